The lowest BCUT2D eigenvalue weighted by molar-refractivity contribution is 0.0572. The summed E-state index contributed by atoms with van der Waals surface area (Å²) in [7, 11) is -4.40. The van der Waals surface area contributed by atoms with E-state index in [2.05, 4.69) is 0 Å². The van der Waals surface area contributed by atoms with E-state index in [1.54, 1.807) is 0 Å². The molecule has 8 heteroatoms. The molecule has 18 heavy (non-hydrogen) atoms. The second-order valence-electron chi connectivity index (χ2n) is 4.01. The van der Waals surface area contributed by atoms with E-state index in [-0.39, 0.29) is 0 Å². The summed E-state index contributed by atoms with van der Waals surface area (Å²) in [6.07, 6.45) is -2.51. The molecule has 0 amide bonds. The van der Waals surface area contributed by atoms with Crippen LogP contribution in [0.2, 0.25) is 0 Å². The first-order chi connectivity index (χ1) is 8.34. The molecule has 1 aromatic carbocycles. The van der Waals surface area contributed by atoms with Crippen molar-refractivity contribution in [1.29, 1.82) is 0 Å². The van der Waals surface area contributed by atoms with Crippen LogP contribution in [0.15, 0.2) is 23.1 Å². The Hall–Kier alpha value is -1.09. The Kier molecular flexibility index (Phi) is 3.37. The Morgan fingerprint density at radius 2 is 1.56 bits per heavy atom. The highest BCUT2D eigenvalue weighted by Crippen LogP contribution is 2.25. The minimum absolute atomic E-state index is 0.392. The number of nitrogens with zero attached hydrogens (tertiary/aromatic N) is 1. The van der Waals surface area contributed by atoms with Crippen LogP contribution >= 0.6 is 0 Å². The Labute approximate surface area is 102 Å². The van der Waals surface area contributed by atoms with Crippen LogP contribution in [0.3, 0.4) is 0 Å². The summed E-state index contributed by atoms with van der Waals surface area (Å²) in [6, 6.07) is 2.72. The molecule has 100 valence electrons. The third-order valence-corrected chi connectivity index (χ3v) is 4.63. The van der Waals surface area contributed by atoms with E-state index >= 15 is 0 Å². The Balaban J connectivity index is 2.44. The van der Waals surface area contributed by atoms with Gasteiger partial charge in [0.2, 0.25) is 10.0 Å². The number of aliphatic hydroxyl groups excluding tert-OH is 2. The van der Waals surface area contributed by atoms with Gasteiger partial charge in [0, 0.05) is 13.1 Å². The van der Waals surface area contributed by atoms with E-state index in [1.165, 1.54) is 0 Å². The second kappa shape index (κ2) is 4.54. The zero-order valence-electron chi connectivity index (χ0n) is 9.12. The van der Waals surface area contributed by atoms with Crippen LogP contribution in [-0.4, -0.2) is 48.2 Å². The third-order valence-electron chi connectivity index (χ3n) is 2.74. The fourth-order valence-electron chi connectivity index (χ4n) is 1.79. The number of hydrogen-bond acceptors (Lipinski definition) is 4. The molecule has 0 spiro atoms. The maximum atomic E-state index is 13.4. The highest BCUT2D eigenvalue weighted by molar-refractivity contribution is 7.89. The molecular weight excluding hydrogens is 268 g/mol. The molecular formula is C10H11F2NO4S. The van der Waals surface area contributed by atoms with Gasteiger partial charge in [-0.15, -0.1) is 0 Å². The number of β-amino-alcohol motifs (C(OH)–C–C–N with tert-alkyl or cyclic N) is 2. The van der Waals surface area contributed by atoms with E-state index in [0.717, 1.165) is 18.2 Å². The molecule has 0 aliphatic carbocycles. The van der Waals surface area contributed by atoms with Crippen molar-refractivity contribution in [1.82, 2.24) is 4.31 Å². The monoisotopic (exact) mass is 279 g/mol. The Morgan fingerprint density at radius 3 is 2.00 bits per heavy atom. The van der Waals surface area contributed by atoms with Crippen molar-refractivity contribution in [2.45, 2.75) is 17.1 Å². The van der Waals surface area contributed by atoms with Crippen LogP contribution in [0.4, 0.5) is 8.78 Å². The standard InChI is InChI=1S/C10H11F2NO4S/c11-6-2-1-3-7(12)10(6)18(16,17)13-4-8(14)9(15)5-13/h1-3,8-9,14-15H,4-5H2. The lowest BCUT2D eigenvalue weighted by Crippen LogP contribution is -2.31. The average Bonchev–Trinajstić information content (AvgIpc) is 2.59. The van der Waals surface area contributed by atoms with E-state index in [9.17, 15) is 27.4 Å². The maximum Gasteiger partial charge on any atom is 0.249 e. The fraction of sp³-hybridized carbons (Fsp3) is 0.400. The van der Waals surface area contributed by atoms with Crippen molar-refractivity contribution >= 4 is 10.0 Å². The van der Waals surface area contributed by atoms with Crippen molar-refractivity contribution in [2.75, 3.05) is 13.1 Å². The number of benzene rings is 1. The molecule has 2 atom stereocenters. The van der Waals surface area contributed by atoms with Gasteiger partial charge in [-0.1, -0.05) is 6.07 Å². The number of rotatable bonds is 2. The molecule has 2 N–H and O–H groups in total. The zero-order chi connectivity index (χ0) is 13.5. The average molecular weight is 279 g/mol. The Bertz CT molecular complexity index is 533. The minimum atomic E-state index is -4.40. The van der Waals surface area contributed by atoms with Gasteiger partial charge in [-0.25, -0.2) is 17.2 Å². The lowest BCUT2D eigenvalue weighted by Gasteiger charge is -2.16. The molecule has 1 aliphatic heterocycles. The molecule has 1 heterocycles. The van der Waals surface area contributed by atoms with Gasteiger partial charge in [-0.2, -0.15) is 4.31 Å². The molecule has 0 aromatic heterocycles. The van der Waals surface area contributed by atoms with Gasteiger partial charge >= 0.3 is 0 Å². The van der Waals surface area contributed by atoms with Crippen LogP contribution in [0, 0.1) is 11.6 Å². The van der Waals surface area contributed by atoms with Gasteiger partial charge in [-0.3, -0.25) is 0 Å². The third kappa shape index (κ3) is 2.12. The highest BCUT2D eigenvalue weighted by atomic mass is 32.2. The molecule has 0 radical (unpaired) electrons. The number of sulfonamides is 1. The molecule has 0 bridgehead atoms. The minimum Gasteiger partial charge on any atom is -0.389 e. The SMILES string of the molecule is O=S(=O)(c1c(F)cccc1F)N1CC(O)C(O)C1. The summed E-state index contributed by atoms with van der Waals surface area (Å²) in [5, 5.41) is 18.5. The van der Waals surface area contributed by atoms with Crippen molar-refractivity contribution < 1.29 is 27.4 Å². The van der Waals surface area contributed by atoms with Crippen LogP contribution in [-0.2, 0) is 10.0 Å². The van der Waals surface area contributed by atoms with Gasteiger partial charge in [0.1, 0.15) is 11.6 Å². The van der Waals surface area contributed by atoms with Crippen molar-refractivity contribution in [3.63, 3.8) is 0 Å². The van der Waals surface area contributed by atoms with Crippen molar-refractivity contribution in [2.24, 2.45) is 0 Å². The van der Waals surface area contributed by atoms with Gasteiger partial charge in [0.25, 0.3) is 0 Å². The zero-order valence-corrected chi connectivity index (χ0v) is 9.94. The summed E-state index contributed by atoms with van der Waals surface area (Å²) in [6.45, 7) is -0.783. The molecule has 2 unspecified atom stereocenters. The smallest absolute Gasteiger partial charge is 0.249 e. The van der Waals surface area contributed by atoms with Crippen LogP contribution in [0.5, 0.6) is 0 Å². The van der Waals surface area contributed by atoms with Gasteiger partial charge in [0.05, 0.1) is 12.2 Å². The maximum absolute atomic E-state index is 13.4. The summed E-state index contributed by atoms with van der Waals surface area (Å²) in [4.78, 5) is -1.06. The largest absolute Gasteiger partial charge is 0.389 e. The van der Waals surface area contributed by atoms with E-state index in [4.69, 9.17) is 0 Å². The molecule has 1 aliphatic rings. The van der Waals surface area contributed by atoms with Gasteiger partial charge in [-0.05, 0) is 12.1 Å². The molecule has 5 nitrogen and oxygen atoms in total. The number of hydrogen-bond donors (Lipinski definition) is 2. The van der Waals surface area contributed by atoms with E-state index < -0.39 is 51.9 Å². The summed E-state index contributed by atoms with van der Waals surface area (Å²) < 4.78 is 51.5. The first kappa shape index (κ1) is 13.3. The Morgan fingerprint density at radius 1 is 1.11 bits per heavy atom. The van der Waals surface area contributed by atoms with Gasteiger partial charge < -0.3 is 10.2 Å². The van der Waals surface area contributed by atoms with Crippen molar-refractivity contribution in [3.8, 4) is 0 Å². The number of halogens is 2. The second-order valence-corrected chi connectivity index (χ2v) is 5.88. The quantitative estimate of drug-likeness (QED) is 0.778. The topological polar surface area (TPSA) is 77.8 Å². The number of aliphatic hydroxyl groups is 2. The molecule has 1 saturated heterocycles. The highest BCUT2D eigenvalue weighted by Gasteiger charge is 2.39. The predicted molar refractivity (Wildman–Crippen MR) is 57.1 cm³/mol. The summed E-state index contributed by atoms with van der Waals surface area (Å²) in [5.74, 6) is -2.41. The fourth-order valence-corrected chi connectivity index (χ4v) is 3.37. The van der Waals surface area contributed by atoms with Crippen LogP contribution < -0.4 is 0 Å². The predicted octanol–water partition coefficient (Wildman–Crippen LogP) is -0.309. The summed E-state index contributed by atoms with van der Waals surface area (Å²) in [5.41, 5.74) is 0. The first-order valence-electron chi connectivity index (χ1n) is 5.14. The first-order valence-corrected chi connectivity index (χ1v) is 6.58. The van der Waals surface area contributed by atoms with Crippen molar-refractivity contribution in [3.05, 3.63) is 29.8 Å². The molecule has 2 rings (SSSR count). The molecule has 0 saturated carbocycles. The van der Waals surface area contributed by atoms with Crippen LogP contribution in [0.25, 0.3) is 0 Å². The van der Waals surface area contributed by atoms with Crippen LogP contribution in [0.1, 0.15) is 0 Å². The molecule has 1 fully saturated rings. The van der Waals surface area contributed by atoms with E-state index in [0.29, 0.717) is 4.31 Å². The summed E-state index contributed by atoms with van der Waals surface area (Å²) >= 11 is 0. The van der Waals surface area contributed by atoms with Gasteiger partial charge in [0.15, 0.2) is 4.90 Å². The van der Waals surface area contributed by atoms with E-state index in [1.807, 2.05) is 0 Å². The lowest BCUT2D eigenvalue weighted by atomic mass is 10.3. The molecule has 1 aromatic rings. The normalized spacial score (nSPS) is 25.6.